The summed E-state index contributed by atoms with van der Waals surface area (Å²) in [5, 5.41) is 0. The minimum absolute atomic E-state index is 0.512. The molecule has 2 aliphatic rings. The zero-order chi connectivity index (χ0) is 23.0. The van der Waals surface area contributed by atoms with Crippen LogP contribution in [0.15, 0.2) is 36.4 Å². The molecule has 1 aliphatic heterocycles. The van der Waals surface area contributed by atoms with Crippen molar-refractivity contribution in [2.45, 2.75) is 83.5 Å². The lowest BCUT2D eigenvalue weighted by atomic mass is 9.78. The first-order valence-electron chi connectivity index (χ1n) is 13.0. The van der Waals surface area contributed by atoms with Crippen molar-refractivity contribution in [2.75, 3.05) is 13.2 Å². The summed E-state index contributed by atoms with van der Waals surface area (Å²) in [6, 6.07) is 11.1. The van der Waals surface area contributed by atoms with E-state index in [1.54, 1.807) is 0 Å². The lowest BCUT2D eigenvalue weighted by molar-refractivity contribution is 0.0853. The summed E-state index contributed by atoms with van der Waals surface area (Å²) in [6.07, 6.45) is 15.7. The van der Waals surface area contributed by atoms with Gasteiger partial charge in [-0.05, 0) is 80.0 Å². The lowest BCUT2D eigenvalue weighted by Crippen LogP contribution is -2.16. The summed E-state index contributed by atoms with van der Waals surface area (Å²) >= 11 is 0. The molecule has 2 aromatic rings. The number of pyridine rings is 1. The summed E-state index contributed by atoms with van der Waals surface area (Å²) in [5.74, 6) is 1.99. The second-order valence-electron chi connectivity index (χ2n) is 9.93. The van der Waals surface area contributed by atoms with Gasteiger partial charge in [0.2, 0.25) is 0 Å². The van der Waals surface area contributed by atoms with E-state index in [0.717, 1.165) is 55.1 Å². The largest absolute Gasteiger partial charge is 0.381 e. The van der Waals surface area contributed by atoms with Crippen molar-refractivity contribution in [3.63, 3.8) is 0 Å². The molecular weight excluding hydrogens is 406 g/mol. The van der Waals surface area contributed by atoms with Crippen LogP contribution in [-0.4, -0.2) is 24.5 Å². The van der Waals surface area contributed by atoms with Crippen molar-refractivity contribution >= 4 is 12.4 Å². The van der Waals surface area contributed by atoms with Gasteiger partial charge in [-0.2, -0.15) is 0 Å². The maximum absolute atomic E-state index is 12.1. The van der Waals surface area contributed by atoms with E-state index in [2.05, 4.69) is 43.3 Å². The molecule has 1 aromatic carbocycles. The third kappa shape index (κ3) is 6.00. The number of hydrogen-bond acceptors (Lipinski definition) is 3. The van der Waals surface area contributed by atoms with E-state index in [0.29, 0.717) is 18.3 Å². The molecule has 0 atom stereocenters. The van der Waals surface area contributed by atoms with Gasteiger partial charge < -0.3 is 4.74 Å². The highest BCUT2D eigenvalue weighted by Crippen LogP contribution is 2.38. The normalized spacial score (nSPS) is 22.0. The third-order valence-electron chi connectivity index (χ3n) is 7.66. The summed E-state index contributed by atoms with van der Waals surface area (Å²) < 4.78 is 5.51. The molecule has 1 saturated heterocycles. The van der Waals surface area contributed by atoms with Crippen molar-refractivity contribution in [1.29, 1.82) is 0 Å². The van der Waals surface area contributed by atoms with Crippen LogP contribution in [0.25, 0.3) is 6.08 Å². The Morgan fingerprint density at radius 1 is 1.00 bits per heavy atom. The fourth-order valence-corrected chi connectivity index (χ4v) is 5.74. The molecule has 3 heteroatoms. The summed E-state index contributed by atoms with van der Waals surface area (Å²) in [5.41, 5.74) is 6.48. The van der Waals surface area contributed by atoms with Crippen molar-refractivity contribution in [1.82, 2.24) is 4.98 Å². The van der Waals surface area contributed by atoms with E-state index < -0.39 is 0 Å². The molecule has 1 saturated carbocycles. The van der Waals surface area contributed by atoms with Crippen LogP contribution >= 0.6 is 0 Å². The average Bonchev–Trinajstić information content (AvgIpc) is 2.86. The second kappa shape index (κ2) is 11.7. The van der Waals surface area contributed by atoms with Gasteiger partial charge in [0.15, 0.2) is 6.29 Å². The Kier molecular flexibility index (Phi) is 8.50. The Morgan fingerprint density at radius 2 is 1.73 bits per heavy atom. The molecule has 1 aliphatic carbocycles. The Labute approximate surface area is 199 Å². The molecule has 2 heterocycles. The smallest absolute Gasteiger partial charge is 0.152 e. The molecule has 3 nitrogen and oxygen atoms in total. The molecular formula is C30H39NO2. The van der Waals surface area contributed by atoms with Gasteiger partial charge in [-0.25, -0.2) is 0 Å². The Balaban J connectivity index is 1.56. The number of ether oxygens (including phenoxy) is 1. The number of aromatic nitrogens is 1. The molecule has 1 aromatic heterocycles. The van der Waals surface area contributed by atoms with Crippen LogP contribution in [0.3, 0.4) is 0 Å². The maximum Gasteiger partial charge on any atom is 0.152 e. The fraction of sp³-hybridized carbons (Fsp3) is 0.533. The van der Waals surface area contributed by atoms with Crippen molar-refractivity contribution < 1.29 is 9.53 Å². The molecule has 0 amide bonds. The van der Waals surface area contributed by atoms with E-state index in [1.165, 1.54) is 55.3 Å². The number of hydrogen-bond donors (Lipinski definition) is 0. The number of aldehydes is 1. The highest BCUT2D eigenvalue weighted by atomic mass is 16.5. The zero-order valence-electron chi connectivity index (χ0n) is 20.4. The van der Waals surface area contributed by atoms with Gasteiger partial charge in [0.1, 0.15) is 0 Å². The zero-order valence-corrected chi connectivity index (χ0v) is 20.4. The van der Waals surface area contributed by atoms with Crippen LogP contribution in [0, 0.1) is 5.92 Å². The molecule has 4 rings (SSSR count). The van der Waals surface area contributed by atoms with Crippen LogP contribution < -0.4 is 0 Å². The molecule has 33 heavy (non-hydrogen) atoms. The van der Waals surface area contributed by atoms with Crippen LogP contribution in [-0.2, 0) is 11.2 Å². The fourth-order valence-electron chi connectivity index (χ4n) is 5.74. The number of rotatable bonds is 8. The van der Waals surface area contributed by atoms with Gasteiger partial charge in [-0.3, -0.25) is 9.78 Å². The monoisotopic (exact) mass is 445 g/mol. The van der Waals surface area contributed by atoms with Crippen LogP contribution in [0.1, 0.15) is 115 Å². The standard InChI is InChI=1S/C30H39NO2/c1-3-5-22-7-13-26(14-8-22)29-20-27(6-4-2)28(21-32)30(31-29)19-23-9-11-24(12-10-23)25-15-17-33-18-16-25/h4,6,9-12,20-22,25-26H,3,5,7-8,13-19H2,1-2H3/b6-4-. The minimum atomic E-state index is 0.512. The average molecular weight is 446 g/mol. The number of carbonyl (C=O) groups is 1. The maximum atomic E-state index is 12.1. The van der Waals surface area contributed by atoms with Crippen molar-refractivity contribution in [3.05, 3.63) is 70.0 Å². The number of carbonyl (C=O) groups excluding carboxylic acids is 1. The van der Waals surface area contributed by atoms with Gasteiger partial charge in [-0.15, -0.1) is 0 Å². The molecule has 0 spiro atoms. The first-order valence-corrected chi connectivity index (χ1v) is 13.0. The molecule has 0 radical (unpaired) electrons. The predicted octanol–water partition coefficient (Wildman–Crippen LogP) is 7.49. The van der Waals surface area contributed by atoms with Crippen molar-refractivity contribution in [2.24, 2.45) is 5.92 Å². The molecule has 2 fully saturated rings. The number of benzene rings is 1. The number of allylic oxidation sites excluding steroid dienone is 1. The van der Waals surface area contributed by atoms with Gasteiger partial charge in [0.05, 0.1) is 5.69 Å². The van der Waals surface area contributed by atoms with Crippen LogP contribution in [0.2, 0.25) is 0 Å². The van der Waals surface area contributed by atoms with E-state index in [1.807, 2.05) is 13.0 Å². The van der Waals surface area contributed by atoms with Crippen molar-refractivity contribution in [3.8, 4) is 0 Å². The molecule has 0 N–H and O–H groups in total. The first kappa shape index (κ1) is 23.9. The highest BCUT2D eigenvalue weighted by molar-refractivity contribution is 5.83. The summed E-state index contributed by atoms with van der Waals surface area (Å²) in [6.45, 7) is 6.02. The van der Waals surface area contributed by atoms with E-state index in [9.17, 15) is 4.79 Å². The molecule has 0 unspecified atom stereocenters. The second-order valence-corrected chi connectivity index (χ2v) is 9.93. The quantitative estimate of drug-likeness (QED) is 0.395. The topological polar surface area (TPSA) is 39.2 Å². The molecule has 0 bridgehead atoms. The SMILES string of the molecule is C/C=C\c1cc(C2CCC(CCC)CC2)nc(Cc2ccc(C3CCOCC3)cc2)c1C=O. The number of nitrogens with zero attached hydrogens (tertiary/aromatic N) is 1. The summed E-state index contributed by atoms with van der Waals surface area (Å²) in [7, 11) is 0. The van der Waals surface area contributed by atoms with E-state index >= 15 is 0 Å². The van der Waals surface area contributed by atoms with Gasteiger partial charge in [0.25, 0.3) is 0 Å². The van der Waals surface area contributed by atoms with Gasteiger partial charge >= 0.3 is 0 Å². The Hall–Kier alpha value is -2.26. The van der Waals surface area contributed by atoms with Crippen LogP contribution in [0.4, 0.5) is 0 Å². The van der Waals surface area contributed by atoms with Crippen LogP contribution in [0.5, 0.6) is 0 Å². The Morgan fingerprint density at radius 3 is 2.36 bits per heavy atom. The third-order valence-corrected chi connectivity index (χ3v) is 7.66. The first-order chi connectivity index (χ1) is 16.2. The summed E-state index contributed by atoms with van der Waals surface area (Å²) in [4.78, 5) is 17.2. The van der Waals surface area contributed by atoms with Gasteiger partial charge in [-0.1, -0.05) is 56.2 Å². The predicted molar refractivity (Wildman–Crippen MR) is 136 cm³/mol. The van der Waals surface area contributed by atoms with Gasteiger partial charge in [0, 0.05) is 36.8 Å². The Bertz CT molecular complexity index is 933. The van der Waals surface area contributed by atoms with E-state index in [-0.39, 0.29) is 0 Å². The minimum Gasteiger partial charge on any atom is -0.381 e. The lowest BCUT2D eigenvalue weighted by Gasteiger charge is -2.28. The molecule has 176 valence electrons. The highest BCUT2D eigenvalue weighted by Gasteiger charge is 2.24. The van der Waals surface area contributed by atoms with E-state index in [4.69, 9.17) is 9.72 Å².